The molecule has 0 bridgehead atoms. The first-order valence-electron chi connectivity index (χ1n) is 11.9. The number of hydrogen-bond acceptors (Lipinski definition) is 5. The number of aryl methyl sites for hydroxylation is 2. The van der Waals surface area contributed by atoms with Gasteiger partial charge in [-0.15, -0.1) is 0 Å². The van der Waals surface area contributed by atoms with Gasteiger partial charge in [0.05, 0.1) is 17.6 Å². The molecule has 1 amide bonds. The molecule has 2 atom stereocenters. The Hall–Kier alpha value is -3.80. The largest absolute Gasteiger partial charge is 0.507 e. The molecule has 0 aromatic heterocycles. The highest BCUT2D eigenvalue weighted by Crippen LogP contribution is 2.47. The lowest BCUT2D eigenvalue weighted by atomic mass is 9.86. The standard InChI is InChI=1S/C29H32N4O2/c1-18-6-11-23(14-19(18)2)31-32-24-12-13-27(34)21(15-24)17-30-33-28(35)26-16-25(26)20-7-9-22(10-8-20)29(3,4)5/h6-15,17,25-26,34H,16H2,1-5H3,(H,33,35). The highest BCUT2D eigenvalue weighted by atomic mass is 16.3. The van der Waals surface area contributed by atoms with Gasteiger partial charge in [-0.1, -0.05) is 51.1 Å². The molecule has 35 heavy (non-hydrogen) atoms. The van der Waals surface area contributed by atoms with Crippen molar-refractivity contribution in [2.45, 2.75) is 52.4 Å². The molecule has 180 valence electrons. The Kier molecular flexibility index (Phi) is 6.83. The van der Waals surface area contributed by atoms with Crippen molar-refractivity contribution in [2.24, 2.45) is 21.2 Å². The van der Waals surface area contributed by atoms with Gasteiger partial charge in [0, 0.05) is 11.5 Å². The molecule has 1 aliphatic rings. The summed E-state index contributed by atoms with van der Waals surface area (Å²) >= 11 is 0. The maximum Gasteiger partial charge on any atom is 0.243 e. The van der Waals surface area contributed by atoms with Gasteiger partial charge in [-0.3, -0.25) is 4.79 Å². The van der Waals surface area contributed by atoms with Gasteiger partial charge >= 0.3 is 0 Å². The number of nitrogens with one attached hydrogen (secondary N) is 1. The van der Waals surface area contributed by atoms with Gasteiger partial charge in [0.1, 0.15) is 5.75 Å². The SMILES string of the molecule is Cc1ccc(N=Nc2ccc(O)c(C=NNC(=O)C3CC3c3ccc(C(C)(C)C)cc3)c2)cc1C. The van der Waals surface area contributed by atoms with Crippen LogP contribution in [0.4, 0.5) is 11.4 Å². The molecule has 0 spiro atoms. The molecule has 0 aliphatic heterocycles. The average Bonchev–Trinajstić information content (AvgIpc) is 3.62. The van der Waals surface area contributed by atoms with Gasteiger partial charge in [0.25, 0.3) is 0 Å². The zero-order valence-electron chi connectivity index (χ0n) is 20.9. The van der Waals surface area contributed by atoms with E-state index in [-0.39, 0.29) is 28.9 Å². The Morgan fingerprint density at radius 3 is 2.26 bits per heavy atom. The molecule has 3 aromatic rings. The summed E-state index contributed by atoms with van der Waals surface area (Å²) in [5.41, 5.74) is 9.32. The number of carbonyl (C=O) groups is 1. The predicted molar refractivity (Wildman–Crippen MR) is 140 cm³/mol. The minimum absolute atomic E-state index is 0.0522. The molecule has 0 radical (unpaired) electrons. The van der Waals surface area contributed by atoms with Crippen LogP contribution in [0.25, 0.3) is 0 Å². The minimum atomic E-state index is -0.115. The van der Waals surface area contributed by atoms with Crippen molar-refractivity contribution in [3.63, 3.8) is 0 Å². The van der Waals surface area contributed by atoms with E-state index in [0.29, 0.717) is 11.3 Å². The van der Waals surface area contributed by atoms with E-state index in [0.717, 1.165) is 17.7 Å². The quantitative estimate of drug-likeness (QED) is 0.232. The lowest BCUT2D eigenvalue weighted by Crippen LogP contribution is -2.20. The van der Waals surface area contributed by atoms with Crippen LogP contribution in [0.2, 0.25) is 0 Å². The third kappa shape index (κ3) is 6.01. The minimum Gasteiger partial charge on any atom is -0.507 e. The van der Waals surface area contributed by atoms with Crippen LogP contribution in [-0.4, -0.2) is 17.2 Å². The van der Waals surface area contributed by atoms with E-state index in [1.165, 1.54) is 29.0 Å². The molecule has 4 rings (SSSR count). The van der Waals surface area contributed by atoms with Crippen LogP contribution in [0.1, 0.15) is 60.9 Å². The Morgan fingerprint density at radius 2 is 1.60 bits per heavy atom. The van der Waals surface area contributed by atoms with Gasteiger partial charge in [0.15, 0.2) is 0 Å². The molecule has 1 fully saturated rings. The van der Waals surface area contributed by atoms with E-state index < -0.39 is 0 Å². The zero-order chi connectivity index (χ0) is 25.2. The number of aromatic hydroxyl groups is 1. The fourth-order valence-electron chi connectivity index (χ4n) is 3.94. The summed E-state index contributed by atoms with van der Waals surface area (Å²) in [7, 11) is 0. The number of carbonyl (C=O) groups excluding carboxylic acids is 1. The number of phenols is 1. The molecule has 1 saturated carbocycles. The molecular weight excluding hydrogens is 436 g/mol. The van der Waals surface area contributed by atoms with Gasteiger partial charge in [-0.05, 0) is 84.2 Å². The van der Waals surface area contributed by atoms with E-state index in [9.17, 15) is 9.90 Å². The van der Waals surface area contributed by atoms with Crippen molar-refractivity contribution in [3.8, 4) is 5.75 Å². The second-order valence-electron chi connectivity index (χ2n) is 10.3. The molecule has 2 N–H and O–H groups in total. The summed E-state index contributed by atoms with van der Waals surface area (Å²) in [6, 6.07) is 19.3. The van der Waals surface area contributed by atoms with E-state index in [2.05, 4.69) is 65.8 Å². The van der Waals surface area contributed by atoms with Crippen molar-refractivity contribution in [1.82, 2.24) is 5.43 Å². The van der Waals surface area contributed by atoms with Crippen LogP contribution in [0, 0.1) is 19.8 Å². The monoisotopic (exact) mass is 468 g/mol. The Bertz CT molecular complexity index is 1290. The number of hydrogen-bond donors (Lipinski definition) is 2. The van der Waals surface area contributed by atoms with Crippen molar-refractivity contribution >= 4 is 23.5 Å². The fourth-order valence-corrected chi connectivity index (χ4v) is 3.94. The van der Waals surface area contributed by atoms with Gasteiger partial charge < -0.3 is 5.11 Å². The third-order valence-corrected chi connectivity index (χ3v) is 6.49. The molecule has 0 heterocycles. The summed E-state index contributed by atoms with van der Waals surface area (Å²) in [4.78, 5) is 12.5. The maximum absolute atomic E-state index is 12.5. The van der Waals surface area contributed by atoms with Crippen molar-refractivity contribution < 1.29 is 9.90 Å². The number of azo groups is 1. The highest BCUT2D eigenvalue weighted by Gasteiger charge is 2.44. The first-order chi connectivity index (χ1) is 16.6. The summed E-state index contributed by atoms with van der Waals surface area (Å²) in [6.45, 7) is 10.6. The zero-order valence-corrected chi connectivity index (χ0v) is 20.9. The molecule has 1 aliphatic carbocycles. The van der Waals surface area contributed by atoms with Crippen LogP contribution in [0.5, 0.6) is 5.75 Å². The van der Waals surface area contributed by atoms with Crippen molar-refractivity contribution in [2.75, 3.05) is 0 Å². The van der Waals surface area contributed by atoms with Crippen LogP contribution >= 0.6 is 0 Å². The molecule has 2 unspecified atom stereocenters. The van der Waals surface area contributed by atoms with Crippen LogP contribution < -0.4 is 5.43 Å². The van der Waals surface area contributed by atoms with Crippen molar-refractivity contribution in [3.05, 3.63) is 88.5 Å². The van der Waals surface area contributed by atoms with E-state index in [1.54, 1.807) is 12.1 Å². The Labute approximate surface area is 206 Å². The maximum atomic E-state index is 12.5. The summed E-state index contributed by atoms with van der Waals surface area (Å²) < 4.78 is 0. The molecule has 3 aromatic carbocycles. The number of amides is 1. The summed E-state index contributed by atoms with van der Waals surface area (Å²) in [5, 5.41) is 22.8. The highest BCUT2D eigenvalue weighted by molar-refractivity contribution is 5.87. The number of phenolic OH excluding ortho intramolecular Hbond substituents is 1. The lowest BCUT2D eigenvalue weighted by molar-refractivity contribution is -0.122. The van der Waals surface area contributed by atoms with Gasteiger partial charge in [-0.2, -0.15) is 15.3 Å². The predicted octanol–water partition coefficient (Wildman–Crippen LogP) is 6.98. The van der Waals surface area contributed by atoms with E-state index in [4.69, 9.17) is 0 Å². The number of rotatable bonds is 6. The Balaban J connectivity index is 1.35. The Morgan fingerprint density at radius 1 is 0.943 bits per heavy atom. The summed E-state index contributed by atoms with van der Waals surface area (Å²) in [6.07, 6.45) is 2.24. The van der Waals surface area contributed by atoms with Gasteiger partial charge in [0.2, 0.25) is 5.91 Å². The first-order valence-corrected chi connectivity index (χ1v) is 11.9. The van der Waals surface area contributed by atoms with E-state index in [1.807, 2.05) is 32.0 Å². The van der Waals surface area contributed by atoms with Crippen molar-refractivity contribution in [1.29, 1.82) is 0 Å². The molecule has 0 saturated heterocycles. The molecular formula is C29H32N4O2. The smallest absolute Gasteiger partial charge is 0.243 e. The van der Waals surface area contributed by atoms with Crippen LogP contribution in [0.15, 0.2) is 76.0 Å². The third-order valence-electron chi connectivity index (χ3n) is 6.49. The van der Waals surface area contributed by atoms with E-state index >= 15 is 0 Å². The average molecular weight is 469 g/mol. The topological polar surface area (TPSA) is 86.4 Å². The lowest BCUT2D eigenvalue weighted by Gasteiger charge is -2.19. The normalized spacial score (nSPS) is 17.7. The van der Waals surface area contributed by atoms with Gasteiger partial charge in [-0.25, -0.2) is 5.43 Å². The fraction of sp³-hybridized carbons (Fsp3) is 0.310. The number of nitrogens with zero attached hydrogens (tertiary/aromatic N) is 3. The second-order valence-corrected chi connectivity index (χ2v) is 10.3. The summed E-state index contributed by atoms with van der Waals surface area (Å²) in [5.74, 6) is 0.0775. The number of hydrazone groups is 1. The first kappa shape index (κ1) is 24.3. The molecule has 6 heteroatoms. The van der Waals surface area contributed by atoms with Crippen LogP contribution in [-0.2, 0) is 10.2 Å². The second kappa shape index (κ2) is 9.82. The van der Waals surface area contributed by atoms with Crippen LogP contribution in [0.3, 0.4) is 0 Å². The number of benzene rings is 3. The molecule has 6 nitrogen and oxygen atoms in total.